The molecule has 0 fully saturated rings. The zero-order valence-corrected chi connectivity index (χ0v) is 8.43. The molecule has 82 valence electrons. The van der Waals surface area contributed by atoms with E-state index in [2.05, 4.69) is 9.97 Å². The van der Waals surface area contributed by atoms with Crippen LogP contribution in [-0.2, 0) is 6.61 Å². The maximum absolute atomic E-state index is 13.3. The summed E-state index contributed by atoms with van der Waals surface area (Å²) in [6.07, 6.45) is 4.50. The van der Waals surface area contributed by atoms with Crippen molar-refractivity contribution in [2.45, 2.75) is 6.61 Å². The van der Waals surface area contributed by atoms with Crippen molar-refractivity contribution in [2.75, 3.05) is 5.73 Å². The van der Waals surface area contributed by atoms with E-state index in [1.807, 2.05) is 0 Å². The van der Waals surface area contributed by atoms with E-state index in [4.69, 9.17) is 10.5 Å². The first-order valence-corrected chi connectivity index (χ1v) is 4.68. The summed E-state index contributed by atoms with van der Waals surface area (Å²) in [6.45, 7) is 0.0789. The van der Waals surface area contributed by atoms with Crippen LogP contribution in [-0.4, -0.2) is 9.97 Å². The Morgan fingerprint density at radius 2 is 2.19 bits per heavy atom. The molecule has 0 bridgehead atoms. The van der Waals surface area contributed by atoms with Crippen molar-refractivity contribution in [1.82, 2.24) is 9.97 Å². The molecular formula is C11H10FN3O. The fraction of sp³-hybridized carbons (Fsp3) is 0.0909. The van der Waals surface area contributed by atoms with E-state index in [0.717, 1.165) is 0 Å². The van der Waals surface area contributed by atoms with Gasteiger partial charge in [-0.2, -0.15) is 0 Å². The zero-order chi connectivity index (χ0) is 11.4. The molecule has 0 amide bonds. The van der Waals surface area contributed by atoms with E-state index in [0.29, 0.717) is 17.1 Å². The summed E-state index contributed by atoms with van der Waals surface area (Å²) < 4.78 is 18.6. The number of hydrogen-bond donors (Lipinski definition) is 1. The average molecular weight is 219 g/mol. The molecule has 0 radical (unpaired) electrons. The Balaban J connectivity index is 2.08. The normalized spacial score (nSPS) is 10.1. The van der Waals surface area contributed by atoms with Crippen molar-refractivity contribution >= 4 is 5.69 Å². The van der Waals surface area contributed by atoms with Crippen molar-refractivity contribution in [2.24, 2.45) is 0 Å². The summed E-state index contributed by atoms with van der Waals surface area (Å²) in [5, 5.41) is 0. The van der Waals surface area contributed by atoms with E-state index < -0.39 is 0 Å². The maximum atomic E-state index is 13.3. The van der Waals surface area contributed by atoms with E-state index in [1.54, 1.807) is 0 Å². The lowest BCUT2D eigenvalue weighted by Gasteiger charge is -2.06. The average Bonchev–Trinajstić information content (AvgIpc) is 2.32. The molecule has 0 aliphatic heterocycles. The van der Waals surface area contributed by atoms with Crippen LogP contribution in [0.15, 0.2) is 36.8 Å². The van der Waals surface area contributed by atoms with Gasteiger partial charge in [-0.15, -0.1) is 0 Å². The van der Waals surface area contributed by atoms with Gasteiger partial charge in [-0.05, 0) is 18.2 Å². The topological polar surface area (TPSA) is 61.0 Å². The lowest BCUT2D eigenvalue weighted by atomic mass is 10.2. The van der Waals surface area contributed by atoms with Crippen molar-refractivity contribution in [3.05, 3.63) is 48.2 Å². The van der Waals surface area contributed by atoms with Crippen LogP contribution in [0.3, 0.4) is 0 Å². The maximum Gasteiger partial charge on any atom is 0.232 e. The molecule has 16 heavy (non-hydrogen) atoms. The van der Waals surface area contributed by atoms with Crippen LogP contribution in [0.5, 0.6) is 5.88 Å². The monoisotopic (exact) mass is 219 g/mol. The van der Waals surface area contributed by atoms with E-state index >= 15 is 0 Å². The number of aromatic nitrogens is 2. The third kappa shape index (κ3) is 2.44. The van der Waals surface area contributed by atoms with Gasteiger partial charge < -0.3 is 10.5 Å². The van der Waals surface area contributed by atoms with Crippen LogP contribution >= 0.6 is 0 Å². The van der Waals surface area contributed by atoms with Crippen LogP contribution in [0.2, 0.25) is 0 Å². The highest BCUT2D eigenvalue weighted by Gasteiger charge is 2.03. The Morgan fingerprint density at radius 3 is 2.94 bits per heavy atom. The number of benzene rings is 1. The molecule has 0 aliphatic carbocycles. The number of rotatable bonds is 3. The van der Waals surface area contributed by atoms with Crippen molar-refractivity contribution in [1.29, 1.82) is 0 Å². The third-order valence-corrected chi connectivity index (χ3v) is 1.98. The zero-order valence-electron chi connectivity index (χ0n) is 8.43. The molecule has 1 aromatic heterocycles. The second-order valence-electron chi connectivity index (χ2n) is 3.18. The Morgan fingerprint density at radius 1 is 1.31 bits per heavy atom. The van der Waals surface area contributed by atoms with Crippen LogP contribution in [0.4, 0.5) is 10.1 Å². The quantitative estimate of drug-likeness (QED) is 0.799. The first kappa shape index (κ1) is 10.4. The smallest absolute Gasteiger partial charge is 0.232 e. The molecule has 1 aromatic carbocycles. The highest BCUT2D eigenvalue weighted by molar-refractivity contribution is 5.41. The van der Waals surface area contributed by atoms with Crippen LogP contribution in [0.1, 0.15) is 5.56 Å². The highest BCUT2D eigenvalue weighted by atomic mass is 19.1. The molecule has 0 aliphatic rings. The number of nitrogens with zero attached hydrogens (tertiary/aromatic N) is 2. The van der Waals surface area contributed by atoms with Crippen LogP contribution in [0, 0.1) is 5.82 Å². The minimum absolute atomic E-state index is 0.0789. The summed E-state index contributed by atoms with van der Waals surface area (Å²) in [5.74, 6) is 0.00224. The number of halogens is 1. The lowest BCUT2D eigenvalue weighted by Crippen LogP contribution is -2.01. The molecule has 0 unspecified atom stereocenters. The van der Waals surface area contributed by atoms with Gasteiger partial charge in [-0.1, -0.05) is 0 Å². The Kier molecular flexibility index (Phi) is 2.95. The van der Waals surface area contributed by atoms with Gasteiger partial charge in [-0.25, -0.2) is 9.37 Å². The standard InChI is InChI=1S/C11H10FN3O/c12-10-2-1-9(13)5-8(10)7-16-11-6-14-3-4-15-11/h1-6H,7,13H2. The van der Waals surface area contributed by atoms with E-state index in [1.165, 1.54) is 36.8 Å². The SMILES string of the molecule is Nc1ccc(F)c(COc2cnccn2)c1. The lowest BCUT2D eigenvalue weighted by molar-refractivity contribution is 0.287. The number of anilines is 1. The summed E-state index contributed by atoms with van der Waals surface area (Å²) in [5.41, 5.74) is 6.44. The molecule has 2 rings (SSSR count). The molecule has 0 spiro atoms. The Bertz CT molecular complexity index is 476. The summed E-state index contributed by atoms with van der Waals surface area (Å²) in [7, 11) is 0. The molecule has 1 heterocycles. The molecule has 5 heteroatoms. The van der Waals surface area contributed by atoms with E-state index in [9.17, 15) is 4.39 Å². The molecule has 2 aromatic rings. The molecular weight excluding hydrogens is 209 g/mol. The predicted octanol–water partition coefficient (Wildman–Crippen LogP) is 1.78. The van der Waals surface area contributed by atoms with Crippen LogP contribution < -0.4 is 10.5 Å². The van der Waals surface area contributed by atoms with Gasteiger partial charge >= 0.3 is 0 Å². The summed E-state index contributed by atoms with van der Waals surface area (Å²) in [6, 6.07) is 4.34. The minimum atomic E-state index is -0.349. The number of nitrogens with two attached hydrogens (primary N) is 1. The van der Waals surface area contributed by atoms with Gasteiger partial charge in [-0.3, -0.25) is 4.98 Å². The van der Waals surface area contributed by atoms with Gasteiger partial charge in [0.1, 0.15) is 12.4 Å². The molecule has 0 saturated carbocycles. The largest absolute Gasteiger partial charge is 0.472 e. The van der Waals surface area contributed by atoms with E-state index in [-0.39, 0.29) is 12.4 Å². The van der Waals surface area contributed by atoms with Crippen molar-refractivity contribution in [3.63, 3.8) is 0 Å². The number of ether oxygens (including phenoxy) is 1. The van der Waals surface area contributed by atoms with Gasteiger partial charge in [0.2, 0.25) is 5.88 Å². The van der Waals surface area contributed by atoms with Gasteiger partial charge in [0, 0.05) is 23.6 Å². The molecule has 2 N–H and O–H groups in total. The molecule has 4 nitrogen and oxygen atoms in total. The highest BCUT2D eigenvalue weighted by Crippen LogP contribution is 2.14. The number of hydrogen-bond acceptors (Lipinski definition) is 4. The van der Waals surface area contributed by atoms with Crippen molar-refractivity contribution in [3.8, 4) is 5.88 Å². The van der Waals surface area contributed by atoms with Gasteiger partial charge in [0.25, 0.3) is 0 Å². The third-order valence-electron chi connectivity index (χ3n) is 1.98. The number of nitrogen functional groups attached to an aromatic ring is 1. The Labute approximate surface area is 91.9 Å². The van der Waals surface area contributed by atoms with Gasteiger partial charge in [0.05, 0.1) is 6.20 Å². The predicted molar refractivity (Wildman–Crippen MR) is 57.2 cm³/mol. The van der Waals surface area contributed by atoms with Gasteiger partial charge in [0.15, 0.2) is 0 Å². The fourth-order valence-electron chi connectivity index (χ4n) is 1.22. The summed E-state index contributed by atoms with van der Waals surface area (Å²) in [4.78, 5) is 7.74. The Hall–Kier alpha value is -2.17. The fourth-order valence-corrected chi connectivity index (χ4v) is 1.22. The van der Waals surface area contributed by atoms with Crippen molar-refractivity contribution < 1.29 is 9.13 Å². The first-order chi connectivity index (χ1) is 7.75. The second-order valence-corrected chi connectivity index (χ2v) is 3.18. The molecule has 0 saturated heterocycles. The second kappa shape index (κ2) is 4.57. The molecule has 0 atom stereocenters. The summed E-state index contributed by atoms with van der Waals surface area (Å²) >= 11 is 0. The van der Waals surface area contributed by atoms with Crippen LogP contribution in [0.25, 0.3) is 0 Å². The first-order valence-electron chi connectivity index (χ1n) is 4.68. The minimum Gasteiger partial charge on any atom is -0.472 e.